The fourth-order valence-electron chi connectivity index (χ4n) is 1.75. The average Bonchev–Trinajstić information content (AvgIpc) is 2.42. The molecule has 0 bridgehead atoms. The second-order valence-electron chi connectivity index (χ2n) is 5.05. The molecule has 0 aliphatic carbocycles. The Bertz CT molecular complexity index is 408. The van der Waals surface area contributed by atoms with Crippen LogP contribution >= 0.6 is 0 Å². The van der Waals surface area contributed by atoms with Crippen molar-refractivity contribution in [1.82, 2.24) is 5.32 Å². The van der Waals surface area contributed by atoms with Gasteiger partial charge in [0.05, 0.1) is 5.54 Å². The Hall–Kier alpha value is -1.55. The van der Waals surface area contributed by atoms with Crippen LogP contribution in [0, 0.1) is 0 Å². The van der Waals surface area contributed by atoms with Crippen LogP contribution in [0.4, 0.5) is 11.4 Å². The van der Waals surface area contributed by atoms with Gasteiger partial charge in [-0.3, -0.25) is 4.79 Å². The molecule has 19 heavy (non-hydrogen) atoms. The zero-order chi connectivity index (χ0) is 14.5. The molecule has 0 fully saturated rings. The summed E-state index contributed by atoms with van der Waals surface area (Å²) in [6, 6.07) is 7.96. The lowest BCUT2D eigenvalue weighted by Crippen LogP contribution is -2.47. The molecule has 1 amide bonds. The van der Waals surface area contributed by atoms with E-state index in [0.717, 1.165) is 18.8 Å². The highest BCUT2D eigenvalue weighted by Gasteiger charge is 2.24. The number of nitrogens with one attached hydrogen (secondary N) is 2. The average molecular weight is 263 g/mol. The monoisotopic (exact) mass is 263 g/mol. The van der Waals surface area contributed by atoms with Gasteiger partial charge in [-0.1, -0.05) is 0 Å². The number of benzene rings is 1. The first-order valence-electron chi connectivity index (χ1n) is 6.80. The lowest BCUT2D eigenvalue weighted by molar-refractivity contribution is -0.121. The zero-order valence-electron chi connectivity index (χ0n) is 12.6. The van der Waals surface area contributed by atoms with Crippen LogP contribution in [0.15, 0.2) is 24.3 Å². The molecule has 0 radical (unpaired) electrons. The van der Waals surface area contributed by atoms with Crippen molar-refractivity contribution in [2.24, 2.45) is 0 Å². The summed E-state index contributed by atoms with van der Waals surface area (Å²) in [7, 11) is 1.78. The van der Waals surface area contributed by atoms with E-state index in [1.165, 1.54) is 5.69 Å². The van der Waals surface area contributed by atoms with Gasteiger partial charge in [0.15, 0.2) is 0 Å². The molecular weight excluding hydrogens is 238 g/mol. The van der Waals surface area contributed by atoms with Crippen molar-refractivity contribution in [2.45, 2.75) is 33.2 Å². The summed E-state index contributed by atoms with van der Waals surface area (Å²) in [6.45, 7) is 9.94. The van der Waals surface area contributed by atoms with E-state index in [4.69, 9.17) is 0 Å². The minimum atomic E-state index is -0.572. The predicted molar refractivity (Wildman–Crippen MR) is 81.8 cm³/mol. The molecule has 0 heterocycles. The Kier molecular flexibility index (Phi) is 5.36. The Morgan fingerprint density at radius 2 is 1.68 bits per heavy atom. The molecule has 4 heteroatoms. The number of hydrogen-bond donors (Lipinski definition) is 2. The Morgan fingerprint density at radius 3 is 2.11 bits per heavy atom. The van der Waals surface area contributed by atoms with Crippen LogP contribution in [0.1, 0.15) is 27.7 Å². The third-order valence-corrected chi connectivity index (χ3v) is 3.45. The lowest BCUT2D eigenvalue weighted by Gasteiger charge is -2.24. The number of rotatable bonds is 6. The third kappa shape index (κ3) is 3.96. The van der Waals surface area contributed by atoms with Gasteiger partial charge in [0, 0.05) is 24.5 Å². The second kappa shape index (κ2) is 6.57. The number of hydrogen-bond acceptors (Lipinski definition) is 3. The third-order valence-electron chi connectivity index (χ3n) is 3.45. The first kappa shape index (κ1) is 15.5. The van der Waals surface area contributed by atoms with Crippen molar-refractivity contribution < 1.29 is 4.79 Å². The van der Waals surface area contributed by atoms with E-state index in [0.29, 0.717) is 0 Å². The molecule has 0 aromatic heterocycles. The summed E-state index contributed by atoms with van der Waals surface area (Å²) in [5.74, 6) is -0.0365. The Labute approximate surface area is 116 Å². The summed E-state index contributed by atoms with van der Waals surface area (Å²) in [5.41, 5.74) is 1.43. The highest BCUT2D eigenvalue weighted by atomic mass is 16.2. The van der Waals surface area contributed by atoms with Crippen LogP contribution < -0.4 is 15.5 Å². The van der Waals surface area contributed by atoms with E-state index in [1.54, 1.807) is 7.05 Å². The minimum Gasteiger partial charge on any atom is -0.372 e. The van der Waals surface area contributed by atoms with Gasteiger partial charge in [0.25, 0.3) is 0 Å². The van der Waals surface area contributed by atoms with Crippen LogP contribution in [0.25, 0.3) is 0 Å². The van der Waals surface area contributed by atoms with E-state index < -0.39 is 5.54 Å². The van der Waals surface area contributed by atoms with E-state index in [-0.39, 0.29) is 5.91 Å². The maximum Gasteiger partial charge on any atom is 0.244 e. The maximum atomic E-state index is 12.0. The minimum absolute atomic E-state index is 0.0365. The van der Waals surface area contributed by atoms with E-state index in [1.807, 2.05) is 38.1 Å². The molecule has 1 aromatic carbocycles. The maximum absolute atomic E-state index is 12.0. The van der Waals surface area contributed by atoms with Crippen molar-refractivity contribution in [3.8, 4) is 0 Å². The lowest BCUT2D eigenvalue weighted by atomic mass is 10.1. The van der Waals surface area contributed by atoms with Gasteiger partial charge in [-0.2, -0.15) is 0 Å². The van der Waals surface area contributed by atoms with Crippen LogP contribution in [0.2, 0.25) is 0 Å². The topological polar surface area (TPSA) is 44.4 Å². The summed E-state index contributed by atoms with van der Waals surface area (Å²) in [5, 5.41) is 5.90. The fourth-order valence-corrected chi connectivity index (χ4v) is 1.75. The SMILES string of the molecule is CCN(CC)c1ccc(NC(=O)C(C)(C)NC)cc1. The molecule has 0 saturated heterocycles. The van der Waals surface area contributed by atoms with Gasteiger partial charge >= 0.3 is 0 Å². The van der Waals surface area contributed by atoms with Crippen LogP contribution in [0.5, 0.6) is 0 Å². The number of carbonyl (C=O) groups excluding carboxylic acids is 1. The summed E-state index contributed by atoms with van der Waals surface area (Å²) in [6.07, 6.45) is 0. The summed E-state index contributed by atoms with van der Waals surface area (Å²) >= 11 is 0. The molecule has 4 nitrogen and oxygen atoms in total. The molecule has 2 N–H and O–H groups in total. The van der Waals surface area contributed by atoms with Crippen molar-refractivity contribution in [3.63, 3.8) is 0 Å². The first-order chi connectivity index (χ1) is 8.94. The normalized spacial score (nSPS) is 11.2. The van der Waals surface area contributed by atoms with Gasteiger partial charge in [0.2, 0.25) is 5.91 Å². The van der Waals surface area contributed by atoms with E-state index in [2.05, 4.69) is 29.4 Å². The predicted octanol–water partition coefficient (Wildman–Crippen LogP) is 2.47. The summed E-state index contributed by atoms with van der Waals surface area (Å²) < 4.78 is 0. The van der Waals surface area contributed by atoms with Gasteiger partial charge in [-0.05, 0) is 59.0 Å². The van der Waals surface area contributed by atoms with Crippen molar-refractivity contribution in [1.29, 1.82) is 0 Å². The number of anilines is 2. The number of nitrogens with zero attached hydrogens (tertiary/aromatic N) is 1. The standard InChI is InChI=1S/C15H25N3O/c1-6-18(7-2)13-10-8-12(9-11-13)17-14(19)15(3,4)16-5/h8-11,16H,6-7H2,1-5H3,(H,17,19). The quantitative estimate of drug-likeness (QED) is 0.828. The van der Waals surface area contributed by atoms with Gasteiger partial charge in [-0.15, -0.1) is 0 Å². The molecular formula is C15H25N3O. The van der Waals surface area contributed by atoms with E-state index in [9.17, 15) is 4.79 Å². The highest BCUT2D eigenvalue weighted by molar-refractivity contribution is 5.97. The molecule has 0 unspecified atom stereocenters. The van der Waals surface area contributed by atoms with Crippen LogP contribution in [0.3, 0.4) is 0 Å². The van der Waals surface area contributed by atoms with Gasteiger partial charge in [0.1, 0.15) is 0 Å². The Morgan fingerprint density at radius 1 is 1.16 bits per heavy atom. The van der Waals surface area contributed by atoms with Crippen molar-refractivity contribution in [2.75, 3.05) is 30.4 Å². The van der Waals surface area contributed by atoms with Crippen LogP contribution in [-0.4, -0.2) is 31.6 Å². The number of carbonyl (C=O) groups is 1. The smallest absolute Gasteiger partial charge is 0.244 e. The van der Waals surface area contributed by atoms with Crippen molar-refractivity contribution in [3.05, 3.63) is 24.3 Å². The second-order valence-corrected chi connectivity index (χ2v) is 5.05. The van der Waals surface area contributed by atoms with Crippen LogP contribution in [-0.2, 0) is 4.79 Å². The van der Waals surface area contributed by atoms with E-state index >= 15 is 0 Å². The fraction of sp³-hybridized carbons (Fsp3) is 0.533. The first-order valence-corrected chi connectivity index (χ1v) is 6.80. The summed E-state index contributed by atoms with van der Waals surface area (Å²) in [4.78, 5) is 14.3. The Balaban J connectivity index is 2.75. The molecule has 0 aliphatic heterocycles. The molecule has 0 aliphatic rings. The van der Waals surface area contributed by atoms with Gasteiger partial charge < -0.3 is 15.5 Å². The highest BCUT2D eigenvalue weighted by Crippen LogP contribution is 2.18. The molecule has 1 aromatic rings. The van der Waals surface area contributed by atoms with Crippen molar-refractivity contribution >= 4 is 17.3 Å². The molecule has 0 atom stereocenters. The molecule has 0 saturated carbocycles. The number of amides is 1. The zero-order valence-corrected chi connectivity index (χ0v) is 12.6. The molecule has 0 spiro atoms. The largest absolute Gasteiger partial charge is 0.372 e. The molecule has 1 rings (SSSR count). The molecule has 106 valence electrons. The van der Waals surface area contributed by atoms with Gasteiger partial charge in [-0.25, -0.2) is 0 Å². The number of likely N-dealkylation sites (N-methyl/N-ethyl adjacent to an activating group) is 1.